The highest BCUT2D eigenvalue weighted by Crippen LogP contribution is 2.41. The van der Waals surface area contributed by atoms with Crippen LogP contribution in [-0.4, -0.2) is 15.0 Å². The quantitative estimate of drug-likeness (QED) is 0.178. The van der Waals surface area contributed by atoms with Crippen LogP contribution in [0.2, 0.25) is 0 Å². The van der Waals surface area contributed by atoms with Crippen molar-refractivity contribution >= 4 is 21.5 Å². The zero-order chi connectivity index (χ0) is 34.9. The summed E-state index contributed by atoms with van der Waals surface area (Å²) in [6.07, 6.45) is 0. The Morgan fingerprint density at radius 3 is 1.58 bits per heavy atom. The van der Waals surface area contributed by atoms with Gasteiger partial charge in [-0.05, 0) is 79.7 Å². The average molecular weight is 663 g/mol. The van der Waals surface area contributed by atoms with Crippen LogP contribution in [0.25, 0.3) is 89.1 Å². The van der Waals surface area contributed by atoms with Crippen molar-refractivity contribution in [2.45, 2.75) is 0 Å². The lowest BCUT2D eigenvalue weighted by molar-refractivity contribution is 1.07. The molecule has 1 heterocycles. The normalized spacial score (nSPS) is 11.1. The number of fused-ring (bicyclic) bond motifs is 2. The topological polar surface area (TPSA) is 62.5 Å². The molecule has 0 aliphatic carbocycles. The Labute approximate surface area is 302 Å². The van der Waals surface area contributed by atoms with E-state index in [1.54, 1.807) is 0 Å². The Bertz CT molecular complexity index is 2820. The molecule has 52 heavy (non-hydrogen) atoms. The molecule has 0 amide bonds. The van der Waals surface area contributed by atoms with E-state index in [0.717, 1.165) is 55.5 Å². The minimum atomic E-state index is 0.572. The van der Waals surface area contributed by atoms with Crippen molar-refractivity contribution in [2.24, 2.45) is 0 Å². The van der Waals surface area contributed by atoms with Crippen LogP contribution >= 0.6 is 0 Å². The van der Waals surface area contributed by atoms with Gasteiger partial charge in [0.1, 0.15) is 0 Å². The Balaban J connectivity index is 1.29. The summed E-state index contributed by atoms with van der Waals surface area (Å²) in [7, 11) is 0. The highest BCUT2D eigenvalue weighted by atomic mass is 15.0. The average Bonchev–Trinajstić information content (AvgIpc) is 3.23. The predicted molar refractivity (Wildman–Crippen MR) is 212 cm³/mol. The van der Waals surface area contributed by atoms with Crippen LogP contribution in [0, 0.1) is 11.3 Å². The van der Waals surface area contributed by atoms with E-state index in [2.05, 4.69) is 115 Å². The second kappa shape index (κ2) is 13.2. The van der Waals surface area contributed by atoms with E-state index in [0.29, 0.717) is 23.0 Å². The van der Waals surface area contributed by atoms with Crippen LogP contribution in [0.5, 0.6) is 0 Å². The van der Waals surface area contributed by atoms with Crippen molar-refractivity contribution in [3.8, 4) is 73.6 Å². The summed E-state index contributed by atoms with van der Waals surface area (Å²) in [5.74, 6) is 1.76. The summed E-state index contributed by atoms with van der Waals surface area (Å²) in [6.45, 7) is 0. The zero-order valence-electron chi connectivity index (χ0n) is 28.1. The summed E-state index contributed by atoms with van der Waals surface area (Å²) < 4.78 is 0. The second-order valence-electron chi connectivity index (χ2n) is 12.8. The van der Waals surface area contributed by atoms with Gasteiger partial charge in [-0.25, -0.2) is 15.0 Å². The molecule has 9 aromatic rings. The maximum atomic E-state index is 9.54. The van der Waals surface area contributed by atoms with Gasteiger partial charge in [0.15, 0.2) is 17.5 Å². The lowest BCUT2D eigenvalue weighted by atomic mass is 9.88. The predicted octanol–water partition coefficient (Wildman–Crippen LogP) is 12.1. The standard InChI is InChI=1S/C48H30N4/c49-31-32-11-8-18-36(27-32)39-19-9-20-42(30-39)47-50-46(35-14-2-1-3-15-35)51-48(52-47)44-22-10-21-43(40-25-23-33-12-4-6-16-37(33)28-40)45(44)41-26-24-34-13-5-7-17-38(34)29-41/h1-30H. The third-order valence-electron chi connectivity index (χ3n) is 9.52. The number of hydrogen-bond acceptors (Lipinski definition) is 4. The lowest BCUT2D eigenvalue weighted by Crippen LogP contribution is -2.02. The molecule has 0 aliphatic heterocycles. The fourth-order valence-electron chi connectivity index (χ4n) is 6.94. The molecule has 0 saturated carbocycles. The van der Waals surface area contributed by atoms with E-state index >= 15 is 0 Å². The first-order valence-electron chi connectivity index (χ1n) is 17.2. The highest BCUT2D eigenvalue weighted by molar-refractivity contribution is 5.99. The molecule has 0 atom stereocenters. The van der Waals surface area contributed by atoms with Gasteiger partial charge in [0.25, 0.3) is 0 Å². The van der Waals surface area contributed by atoms with E-state index in [-0.39, 0.29) is 0 Å². The molecule has 8 aromatic carbocycles. The van der Waals surface area contributed by atoms with Crippen molar-refractivity contribution in [3.05, 3.63) is 188 Å². The summed E-state index contributed by atoms with van der Waals surface area (Å²) >= 11 is 0. The van der Waals surface area contributed by atoms with Crippen LogP contribution in [0.3, 0.4) is 0 Å². The molecular formula is C48H30N4. The first kappa shape index (κ1) is 30.8. The molecule has 1 aromatic heterocycles. The summed E-state index contributed by atoms with van der Waals surface area (Å²) in [5.41, 5.74) is 9.59. The summed E-state index contributed by atoms with van der Waals surface area (Å²) in [6, 6.07) is 64.8. The molecule has 0 N–H and O–H groups in total. The number of nitriles is 1. The minimum Gasteiger partial charge on any atom is -0.208 e. The maximum Gasteiger partial charge on any atom is 0.164 e. The van der Waals surface area contributed by atoms with Gasteiger partial charge in [0.2, 0.25) is 0 Å². The van der Waals surface area contributed by atoms with Crippen LogP contribution in [-0.2, 0) is 0 Å². The first-order valence-corrected chi connectivity index (χ1v) is 17.2. The first-order chi connectivity index (χ1) is 25.7. The smallest absolute Gasteiger partial charge is 0.164 e. The van der Waals surface area contributed by atoms with Crippen molar-refractivity contribution < 1.29 is 0 Å². The molecular weight excluding hydrogens is 633 g/mol. The van der Waals surface area contributed by atoms with Crippen LogP contribution in [0.15, 0.2) is 182 Å². The van der Waals surface area contributed by atoms with Gasteiger partial charge in [-0.3, -0.25) is 0 Å². The van der Waals surface area contributed by atoms with Crippen molar-refractivity contribution in [2.75, 3.05) is 0 Å². The number of benzene rings is 8. The third kappa shape index (κ3) is 5.87. The molecule has 4 nitrogen and oxygen atoms in total. The molecule has 0 unspecified atom stereocenters. The Morgan fingerprint density at radius 2 is 0.846 bits per heavy atom. The van der Waals surface area contributed by atoms with Crippen LogP contribution in [0.4, 0.5) is 0 Å². The fraction of sp³-hybridized carbons (Fsp3) is 0. The number of aromatic nitrogens is 3. The van der Waals surface area contributed by atoms with Crippen molar-refractivity contribution in [1.29, 1.82) is 5.26 Å². The van der Waals surface area contributed by atoms with E-state index in [1.807, 2.05) is 72.8 Å². The van der Waals surface area contributed by atoms with E-state index in [4.69, 9.17) is 15.0 Å². The van der Waals surface area contributed by atoms with Gasteiger partial charge >= 0.3 is 0 Å². The summed E-state index contributed by atoms with van der Waals surface area (Å²) in [5, 5.41) is 14.3. The lowest BCUT2D eigenvalue weighted by Gasteiger charge is -2.17. The van der Waals surface area contributed by atoms with Crippen molar-refractivity contribution in [3.63, 3.8) is 0 Å². The maximum absolute atomic E-state index is 9.54. The third-order valence-corrected chi connectivity index (χ3v) is 9.52. The second-order valence-corrected chi connectivity index (χ2v) is 12.8. The molecule has 0 radical (unpaired) electrons. The number of rotatable bonds is 6. The minimum absolute atomic E-state index is 0.572. The molecule has 0 bridgehead atoms. The van der Waals surface area contributed by atoms with Gasteiger partial charge in [0.05, 0.1) is 11.6 Å². The van der Waals surface area contributed by atoms with E-state index in [1.165, 1.54) is 16.2 Å². The molecule has 242 valence electrons. The molecule has 0 fully saturated rings. The molecule has 0 aliphatic rings. The van der Waals surface area contributed by atoms with Gasteiger partial charge in [-0.2, -0.15) is 5.26 Å². The van der Waals surface area contributed by atoms with Crippen LogP contribution < -0.4 is 0 Å². The van der Waals surface area contributed by atoms with E-state index < -0.39 is 0 Å². The molecule has 0 spiro atoms. The van der Waals surface area contributed by atoms with Gasteiger partial charge in [0, 0.05) is 22.3 Å². The van der Waals surface area contributed by atoms with E-state index in [9.17, 15) is 5.26 Å². The Kier molecular flexibility index (Phi) is 7.85. The zero-order valence-corrected chi connectivity index (χ0v) is 28.1. The van der Waals surface area contributed by atoms with Crippen molar-refractivity contribution in [1.82, 2.24) is 15.0 Å². The van der Waals surface area contributed by atoms with Gasteiger partial charge in [-0.1, -0.05) is 152 Å². The Hall–Kier alpha value is -7.22. The molecule has 9 rings (SSSR count). The van der Waals surface area contributed by atoms with Crippen LogP contribution in [0.1, 0.15) is 5.56 Å². The largest absolute Gasteiger partial charge is 0.208 e. The molecule has 0 saturated heterocycles. The Morgan fingerprint density at radius 1 is 0.327 bits per heavy atom. The number of hydrogen-bond donors (Lipinski definition) is 0. The van der Waals surface area contributed by atoms with Gasteiger partial charge < -0.3 is 0 Å². The fourth-order valence-corrected chi connectivity index (χ4v) is 6.94. The number of nitrogens with zero attached hydrogens (tertiary/aromatic N) is 4. The van der Waals surface area contributed by atoms with Gasteiger partial charge in [-0.15, -0.1) is 0 Å². The summed E-state index contributed by atoms with van der Waals surface area (Å²) in [4.78, 5) is 15.5. The SMILES string of the molecule is N#Cc1cccc(-c2cccc(-c3nc(-c4ccccc4)nc(-c4cccc(-c5ccc6ccccc6c5)c4-c4ccc5ccccc5c4)n3)c2)c1. The monoisotopic (exact) mass is 662 g/mol. The molecule has 4 heteroatoms. The highest BCUT2D eigenvalue weighted by Gasteiger charge is 2.20.